The Morgan fingerprint density at radius 3 is 2.58 bits per heavy atom. The minimum atomic E-state index is 0.693. The molecule has 3 nitrogen and oxygen atoms in total. The summed E-state index contributed by atoms with van der Waals surface area (Å²) in [6.07, 6.45) is 0. The van der Waals surface area contributed by atoms with E-state index in [2.05, 4.69) is 21.2 Å². The molecule has 4 heteroatoms. The third kappa shape index (κ3) is 3.41. The first kappa shape index (κ1) is 13.7. The minimum Gasteiger partial charge on any atom is -0.497 e. The van der Waals surface area contributed by atoms with Crippen molar-refractivity contribution in [2.75, 3.05) is 19.5 Å². The molecule has 0 spiro atoms. The summed E-state index contributed by atoms with van der Waals surface area (Å²) in [5, 5.41) is 3.36. The van der Waals surface area contributed by atoms with E-state index in [9.17, 15) is 0 Å². The number of benzene rings is 2. The number of hydrogen-bond donors (Lipinski definition) is 1. The third-order valence-electron chi connectivity index (χ3n) is 2.83. The lowest BCUT2D eigenvalue weighted by molar-refractivity contribution is 0.414. The summed E-state index contributed by atoms with van der Waals surface area (Å²) in [7, 11) is 3.34. The van der Waals surface area contributed by atoms with Crippen LogP contribution in [0.2, 0.25) is 0 Å². The summed E-state index contributed by atoms with van der Waals surface area (Å²) in [5.41, 5.74) is 2.10. The zero-order valence-electron chi connectivity index (χ0n) is 10.9. The average Bonchev–Trinajstić information content (AvgIpc) is 2.46. The molecule has 0 saturated carbocycles. The monoisotopic (exact) mass is 321 g/mol. The fourth-order valence-electron chi connectivity index (χ4n) is 1.79. The van der Waals surface area contributed by atoms with Crippen LogP contribution in [0.1, 0.15) is 5.56 Å². The molecular weight excluding hydrogens is 306 g/mol. The predicted octanol–water partition coefficient (Wildman–Crippen LogP) is 4.08. The van der Waals surface area contributed by atoms with Gasteiger partial charge in [-0.3, -0.25) is 0 Å². The maximum absolute atomic E-state index is 5.31. The van der Waals surface area contributed by atoms with E-state index in [1.165, 1.54) is 0 Å². The van der Waals surface area contributed by atoms with Gasteiger partial charge in [-0.2, -0.15) is 0 Å². The Balaban J connectivity index is 2.14. The lowest BCUT2D eigenvalue weighted by Crippen LogP contribution is -2.02. The number of hydrogen-bond acceptors (Lipinski definition) is 3. The molecule has 0 unspecified atom stereocenters. The van der Waals surface area contributed by atoms with Crippen molar-refractivity contribution in [3.63, 3.8) is 0 Å². The van der Waals surface area contributed by atoms with E-state index in [4.69, 9.17) is 9.47 Å². The summed E-state index contributed by atoms with van der Waals surface area (Å²) in [6, 6.07) is 13.8. The maximum atomic E-state index is 5.31. The highest BCUT2D eigenvalue weighted by atomic mass is 79.9. The zero-order chi connectivity index (χ0) is 13.7. The molecule has 0 fully saturated rings. The Kier molecular flexibility index (Phi) is 4.68. The molecule has 0 saturated heterocycles. The quantitative estimate of drug-likeness (QED) is 0.900. The Labute approximate surface area is 121 Å². The topological polar surface area (TPSA) is 30.5 Å². The summed E-state index contributed by atoms with van der Waals surface area (Å²) in [6.45, 7) is 0.693. The van der Waals surface area contributed by atoms with E-state index in [1.807, 2.05) is 42.5 Å². The van der Waals surface area contributed by atoms with Crippen molar-refractivity contribution >= 4 is 21.6 Å². The molecule has 0 atom stereocenters. The first-order chi connectivity index (χ1) is 9.24. The van der Waals surface area contributed by atoms with Gasteiger partial charge < -0.3 is 14.8 Å². The van der Waals surface area contributed by atoms with E-state index in [1.54, 1.807) is 14.2 Å². The largest absolute Gasteiger partial charge is 0.497 e. The first-order valence-corrected chi connectivity index (χ1v) is 6.73. The number of methoxy groups -OCH3 is 2. The van der Waals surface area contributed by atoms with Crippen LogP contribution < -0.4 is 14.8 Å². The van der Waals surface area contributed by atoms with Crippen LogP contribution in [-0.2, 0) is 6.54 Å². The number of halogens is 1. The highest BCUT2D eigenvalue weighted by Crippen LogP contribution is 2.26. The minimum absolute atomic E-state index is 0.693. The van der Waals surface area contributed by atoms with Gasteiger partial charge in [0.2, 0.25) is 0 Å². The smallest absolute Gasteiger partial charge is 0.141 e. The molecule has 0 aliphatic heterocycles. The number of ether oxygens (including phenoxy) is 2. The number of anilines is 1. The van der Waals surface area contributed by atoms with Crippen LogP contribution in [0.5, 0.6) is 11.5 Å². The number of para-hydroxylation sites is 2. The molecule has 19 heavy (non-hydrogen) atoms. The fourth-order valence-corrected chi connectivity index (χ4v) is 2.18. The first-order valence-electron chi connectivity index (χ1n) is 5.94. The normalized spacial score (nSPS) is 10.1. The fraction of sp³-hybridized carbons (Fsp3) is 0.200. The van der Waals surface area contributed by atoms with Gasteiger partial charge in [0, 0.05) is 11.0 Å². The van der Waals surface area contributed by atoms with Crippen molar-refractivity contribution in [1.29, 1.82) is 0 Å². The second-order valence-electron chi connectivity index (χ2n) is 4.01. The van der Waals surface area contributed by atoms with Crippen molar-refractivity contribution in [3.05, 3.63) is 52.5 Å². The van der Waals surface area contributed by atoms with Crippen LogP contribution >= 0.6 is 15.9 Å². The Morgan fingerprint density at radius 1 is 1.05 bits per heavy atom. The molecule has 0 bridgehead atoms. The summed E-state index contributed by atoms with van der Waals surface area (Å²) < 4.78 is 11.6. The van der Waals surface area contributed by atoms with E-state index in [0.717, 1.165) is 27.2 Å². The van der Waals surface area contributed by atoms with Gasteiger partial charge in [0.25, 0.3) is 0 Å². The average molecular weight is 322 g/mol. The molecule has 1 N–H and O–H groups in total. The van der Waals surface area contributed by atoms with Gasteiger partial charge in [-0.15, -0.1) is 0 Å². The highest BCUT2D eigenvalue weighted by molar-refractivity contribution is 9.10. The van der Waals surface area contributed by atoms with Gasteiger partial charge in [-0.05, 0) is 35.9 Å². The molecule has 0 radical (unpaired) electrons. The maximum Gasteiger partial charge on any atom is 0.141 e. The van der Waals surface area contributed by atoms with Crippen LogP contribution in [0.4, 0.5) is 5.69 Å². The van der Waals surface area contributed by atoms with E-state index in [-0.39, 0.29) is 0 Å². The molecule has 0 aliphatic carbocycles. The molecule has 100 valence electrons. The Morgan fingerprint density at radius 2 is 1.84 bits per heavy atom. The second-order valence-corrected chi connectivity index (χ2v) is 4.87. The van der Waals surface area contributed by atoms with Crippen LogP contribution in [0.15, 0.2) is 46.9 Å². The van der Waals surface area contributed by atoms with Crippen molar-refractivity contribution in [1.82, 2.24) is 0 Å². The molecule has 2 rings (SSSR count). The van der Waals surface area contributed by atoms with E-state index < -0.39 is 0 Å². The second kappa shape index (κ2) is 6.48. The van der Waals surface area contributed by atoms with Gasteiger partial charge in [-0.1, -0.05) is 28.1 Å². The summed E-state index contributed by atoms with van der Waals surface area (Å²) >= 11 is 3.54. The lowest BCUT2D eigenvalue weighted by Gasteiger charge is -2.12. The van der Waals surface area contributed by atoms with Gasteiger partial charge in [-0.25, -0.2) is 0 Å². The molecule has 0 heterocycles. The number of rotatable bonds is 5. The predicted molar refractivity (Wildman–Crippen MR) is 81.0 cm³/mol. The summed E-state index contributed by atoms with van der Waals surface area (Å²) in [4.78, 5) is 0. The zero-order valence-corrected chi connectivity index (χ0v) is 12.5. The molecule has 0 aromatic heterocycles. The van der Waals surface area contributed by atoms with Gasteiger partial charge >= 0.3 is 0 Å². The lowest BCUT2D eigenvalue weighted by atomic mass is 10.2. The number of nitrogens with one attached hydrogen (secondary N) is 1. The van der Waals surface area contributed by atoms with Gasteiger partial charge in [0.15, 0.2) is 0 Å². The highest BCUT2D eigenvalue weighted by Gasteiger charge is 2.04. The Bertz CT molecular complexity index is 558. The molecule has 2 aromatic rings. The van der Waals surface area contributed by atoms with Crippen LogP contribution in [0.25, 0.3) is 0 Å². The van der Waals surface area contributed by atoms with E-state index in [0.29, 0.717) is 6.54 Å². The van der Waals surface area contributed by atoms with Gasteiger partial charge in [0.1, 0.15) is 11.5 Å². The van der Waals surface area contributed by atoms with Crippen LogP contribution in [0.3, 0.4) is 0 Å². The van der Waals surface area contributed by atoms with Crippen LogP contribution in [-0.4, -0.2) is 14.2 Å². The molecular formula is C15H16BrNO2. The van der Waals surface area contributed by atoms with E-state index >= 15 is 0 Å². The Hall–Kier alpha value is -1.68. The SMILES string of the molecule is COc1ccc(Br)c(CNc2ccccc2OC)c1. The van der Waals surface area contributed by atoms with Crippen LogP contribution in [0, 0.1) is 0 Å². The van der Waals surface area contributed by atoms with Crippen molar-refractivity contribution in [3.8, 4) is 11.5 Å². The van der Waals surface area contributed by atoms with Crippen molar-refractivity contribution in [2.45, 2.75) is 6.54 Å². The van der Waals surface area contributed by atoms with Gasteiger partial charge in [0.05, 0.1) is 19.9 Å². The molecule has 0 aliphatic rings. The van der Waals surface area contributed by atoms with Crippen molar-refractivity contribution < 1.29 is 9.47 Å². The molecule has 2 aromatic carbocycles. The third-order valence-corrected chi connectivity index (χ3v) is 3.60. The standard InChI is InChI=1S/C15H16BrNO2/c1-18-12-7-8-13(16)11(9-12)10-17-14-5-3-4-6-15(14)19-2/h3-9,17H,10H2,1-2H3. The molecule has 0 amide bonds. The summed E-state index contributed by atoms with van der Waals surface area (Å²) in [5.74, 6) is 1.68. The van der Waals surface area contributed by atoms with Crippen molar-refractivity contribution in [2.24, 2.45) is 0 Å².